The van der Waals surface area contributed by atoms with Crippen LogP contribution in [0.3, 0.4) is 0 Å². The molecule has 0 fully saturated rings. The first-order valence-corrected chi connectivity index (χ1v) is 3.19. The Labute approximate surface area is 56.7 Å². The van der Waals surface area contributed by atoms with Crippen LogP contribution in [0.1, 0.15) is 6.92 Å². The minimum Gasteiger partial charge on any atom is -0.132 e. The highest BCUT2D eigenvalue weighted by Gasteiger charge is 2.17. The van der Waals surface area contributed by atoms with E-state index >= 15 is 0 Å². The summed E-state index contributed by atoms with van der Waals surface area (Å²) in [6.45, 7) is 3.03. The van der Waals surface area contributed by atoms with Crippen LogP contribution in [0.15, 0.2) is 0 Å². The van der Waals surface area contributed by atoms with E-state index in [-0.39, 0.29) is 0 Å². The first kappa shape index (κ1) is 8.84. The van der Waals surface area contributed by atoms with Crippen molar-refractivity contribution in [3.05, 3.63) is 0 Å². The molecule has 4 nitrogen and oxygen atoms in total. The molecule has 0 saturated carbocycles. The van der Waals surface area contributed by atoms with Gasteiger partial charge in [0.15, 0.2) is 0 Å². The molecular weight excluding hydrogens is 116 g/mol. The minimum absolute atomic E-state index is 0.528. The van der Waals surface area contributed by atoms with E-state index in [1.807, 2.05) is 21.1 Å². The molecule has 0 spiro atoms. The quantitative estimate of drug-likeness (QED) is 0.348. The maximum atomic E-state index is 3.08. The van der Waals surface area contributed by atoms with E-state index in [4.69, 9.17) is 0 Å². The second-order valence-electron chi connectivity index (χ2n) is 1.80. The minimum atomic E-state index is 0.528. The molecule has 0 saturated heterocycles. The van der Waals surface area contributed by atoms with Gasteiger partial charge in [0.1, 0.15) is 6.54 Å². The fourth-order valence-electron chi connectivity index (χ4n) is 0.810. The van der Waals surface area contributed by atoms with Crippen LogP contribution in [0.4, 0.5) is 0 Å². The summed E-state index contributed by atoms with van der Waals surface area (Å²) in [5, 5.41) is 0. The lowest BCUT2D eigenvalue weighted by Crippen LogP contribution is -2.70. The van der Waals surface area contributed by atoms with Gasteiger partial charge in [-0.2, -0.15) is 0 Å². The third-order valence-electron chi connectivity index (χ3n) is 1.62. The standard InChI is InChI=1S/C5H17N4/c1-5-9(6-2,7-3)8-4/h6-8H,5H2,1-4H3/q+1. The summed E-state index contributed by atoms with van der Waals surface area (Å²) in [6.07, 6.45) is 0. The van der Waals surface area contributed by atoms with Crippen molar-refractivity contribution in [3.63, 3.8) is 0 Å². The van der Waals surface area contributed by atoms with Crippen molar-refractivity contribution in [1.82, 2.24) is 16.3 Å². The molecule has 3 N–H and O–H groups in total. The molecule has 0 bridgehead atoms. The number of quaternary nitrogens is 1. The van der Waals surface area contributed by atoms with Crippen LogP contribution in [0.2, 0.25) is 0 Å². The first-order chi connectivity index (χ1) is 4.24. The molecule has 0 unspecified atom stereocenters. The monoisotopic (exact) mass is 133 g/mol. The van der Waals surface area contributed by atoms with Crippen molar-refractivity contribution >= 4 is 0 Å². The van der Waals surface area contributed by atoms with Crippen molar-refractivity contribution < 1.29 is 4.81 Å². The number of nitrogens with zero attached hydrogens (tertiary/aromatic N) is 1. The van der Waals surface area contributed by atoms with Gasteiger partial charge >= 0.3 is 0 Å². The molecule has 0 amide bonds. The Bertz CT molecular complexity index is 51.8. The van der Waals surface area contributed by atoms with Gasteiger partial charge in [-0.25, -0.2) is 0 Å². The lowest BCUT2D eigenvalue weighted by molar-refractivity contribution is -1.04. The fourth-order valence-corrected chi connectivity index (χ4v) is 0.810. The normalized spacial score (nSPS) is 12.0. The molecule has 0 atom stereocenters. The molecule has 56 valence electrons. The topological polar surface area (TPSA) is 36.1 Å². The predicted octanol–water partition coefficient (Wildman–Crippen LogP) is -0.774. The zero-order valence-corrected chi connectivity index (χ0v) is 6.65. The van der Waals surface area contributed by atoms with Crippen LogP contribution >= 0.6 is 0 Å². The highest BCUT2D eigenvalue weighted by Crippen LogP contribution is 1.83. The molecular formula is C5H17N4+. The van der Waals surface area contributed by atoms with Gasteiger partial charge in [0.25, 0.3) is 0 Å². The van der Waals surface area contributed by atoms with Gasteiger partial charge in [-0.3, -0.25) is 0 Å². The van der Waals surface area contributed by atoms with Gasteiger partial charge in [0.2, 0.25) is 0 Å². The predicted molar refractivity (Wildman–Crippen MR) is 38.0 cm³/mol. The summed E-state index contributed by atoms with van der Waals surface area (Å²) in [5.41, 5.74) is 9.24. The summed E-state index contributed by atoms with van der Waals surface area (Å²) in [5.74, 6) is 0. The van der Waals surface area contributed by atoms with Crippen LogP contribution in [-0.4, -0.2) is 32.5 Å². The zero-order chi connectivity index (χ0) is 7.33. The molecule has 0 radical (unpaired) electrons. The van der Waals surface area contributed by atoms with Crippen LogP contribution in [0.25, 0.3) is 0 Å². The van der Waals surface area contributed by atoms with Gasteiger partial charge in [0.05, 0.1) is 0 Å². The van der Waals surface area contributed by atoms with Crippen LogP contribution in [0, 0.1) is 0 Å². The highest BCUT2D eigenvalue weighted by atomic mass is 16.0. The highest BCUT2D eigenvalue weighted by molar-refractivity contribution is 4.12. The first-order valence-electron chi connectivity index (χ1n) is 3.19. The van der Waals surface area contributed by atoms with Gasteiger partial charge in [-0.05, 0) is 6.92 Å². The Morgan fingerprint density at radius 2 is 1.33 bits per heavy atom. The maximum absolute atomic E-state index is 3.08. The lowest BCUT2D eigenvalue weighted by Gasteiger charge is -2.31. The van der Waals surface area contributed by atoms with Gasteiger partial charge in [-0.15, -0.1) is 16.3 Å². The maximum Gasteiger partial charge on any atom is 0.132 e. The summed E-state index contributed by atoms with van der Waals surface area (Å²) >= 11 is 0. The Morgan fingerprint density at radius 3 is 1.33 bits per heavy atom. The van der Waals surface area contributed by atoms with E-state index in [2.05, 4.69) is 23.2 Å². The van der Waals surface area contributed by atoms with Crippen molar-refractivity contribution in [1.29, 1.82) is 0 Å². The van der Waals surface area contributed by atoms with Crippen LogP contribution < -0.4 is 16.3 Å². The number of rotatable bonds is 4. The molecule has 0 aliphatic rings. The summed E-state index contributed by atoms with van der Waals surface area (Å²) in [4.78, 5) is 0.528. The molecule has 0 rings (SSSR count). The Hall–Kier alpha value is -0.160. The lowest BCUT2D eigenvalue weighted by atomic mass is 10.7. The Balaban J connectivity index is 3.82. The molecule has 9 heavy (non-hydrogen) atoms. The molecule has 0 aliphatic carbocycles. The van der Waals surface area contributed by atoms with E-state index in [0.717, 1.165) is 6.54 Å². The largest absolute Gasteiger partial charge is 0.132 e. The third kappa shape index (κ3) is 1.91. The van der Waals surface area contributed by atoms with E-state index < -0.39 is 0 Å². The molecule has 0 aromatic heterocycles. The zero-order valence-electron chi connectivity index (χ0n) is 6.65. The second-order valence-corrected chi connectivity index (χ2v) is 1.80. The van der Waals surface area contributed by atoms with Crippen LogP contribution in [0.5, 0.6) is 0 Å². The number of hydrogen-bond donors (Lipinski definition) is 3. The van der Waals surface area contributed by atoms with Gasteiger partial charge < -0.3 is 0 Å². The van der Waals surface area contributed by atoms with E-state index in [0.29, 0.717) is 4.81 Å². The Kier molecular flexibility index (Phi) is 3.72. The van der Waals surface area contributed by atoms with Gasteiger partial charge in [-0.1, -0.05) is 4.81 Å². The summed E-state index contributed by atoms with van der Waals surface area (Å²) < 4.78 is 0. The average molecular weight is 133 g/mol. The molecule has 4 heteroatoms. The summed E-state index contributed by atoms with van der Waals surface area (Å²) in [6, 6.07) is 0. The van der Waals surface area contributed by atoms with Crippen molar-refractivity contribution in [2.24, 2.45) is 0 Å². The Morgan fingerprint density at radius 1 is 1.00 bits per heavy atom. The van der Waals surface area contributed by atoms with E-state index in [1.54, 1.807) is 0 Å². The van der Waals surface area contributed by atoms with E-state index in [1.165, 1.54) is 0 Å². The molecule has 0 heterocycles. The smallest absolute Gasteiger partial charge is 0.132 e. The van der Waals surface area contributed by atoms with Crippen molar-refractivity contribution in [3.8, 4) is 0 Å². The number of hydrogen-bond acceptors (Lipinski definition) is 3. The third-order valence-corrected chi connectivity index (χ3v) is 1.62. The average Bonchev–Trinajstić information content (AvgIpc) is 1.95. The molecule has 0 aromatic rings. The van der Waals surface area contributed by atoms with Crippen molar-refractivity contribution in [2.75, 3.05) is 27.7 Å². The van der Waals surface area contributed by atoms with Crippen molar-refractivity contribution in [2.45, 2.75) is 6.92 Å². The number of nitrogens with one attached hydrogen (secondary N) is 3. The summed E-state index contributed by atoms with van der Waals surface area (Å²) in [7, 11) is 5.70. The second kappa shape index (κ2) is 3.79. The fraction of sp³-hybridized carbons (Fsp3) is 1.00. The molecule has 0 aromatic carbocycles. The van der Waals surface area contributed by atoms with Gasteiger partial charge in [0, 0.05) is 21.1 Å². The van der Waals surface area contributed by atoms with Crippen LogP contribution in [-0.2, 0) is 0 Å². The SMILES string of the molecule is CC[N+](NC)(NC)NC. The molecule has 0 aliphatic heterocycles. The van der Waals surface area contributed by atoms with E-state index in [9.17, 15) is 0 Å².